The Morgan fingerprint density at radius 3 is 1.49 bits per heavy atom. The van der Waals surface area contributed by atoms with Crippen molar-refractivity contribution in [2.24, 2.45) is 66.8 Å². The van der Waals surface area contributed by atoms with Crippen molar-refractivity contribution < 1.29 is 72.2 Å². The molecule has 2 saturated heterocycles. The van der Waals surface area contributed by atoms with E-state index in [1.807, 2.05) is 12.1 Å². The Hall–Kier alpha value is -10.9. The normalized spacial score (nSPS) is 23.0. The number of hydrogen-bond acceptors (Lipinski definition) is 19. The fourth-order valence-electron chi connectivity index (χ4n) is 11.3. The number of thioether (sulfide) groups is 1. The van der Waals surface area contributed by atoms with Crippen molar-refractivity contribution in [1.29, 1.82) is 0 Å². The van der Waals surface area contributed by atoms with Crippen LogP contribution in [-0.2, 0) is 80.0 Å². The Labute approximate surface area is 618 Å². The van der Waals surface area contributed by atoms with Crippen molar-refractivity contribution in [3.63, 3.8) is 0 Å². The molecule has 4 rings (SSSR count). The minimum absolute atomic E-state index is 0.0104. The van der Waals surface area contributed by atoms with Crippen LogP contribution < -0.4 is 104 Å². The Balaban J connectivity index is 1.84. The quantitative estimate of drug-likeness (QED) is 0.0237. The average molecular weight is 1500 g/mol. The van der Waals surface area contributed by atoms with Crippen LogP contribution in [0, 0.1) is 5.92 Å². The second kappa shape index (κ2) is 46.8. The van der Waals surface area contributed by atoms with Gasteiger partial charge in [0.25, 0.3) is 0 Å². The van der Waals surface area contributed by atoms with E-state index in [4.69, 9.17) is 45.9 Å². The van der Waals surface area contributed by atoms with Crippen LogP contribution in [0.4, 0.5) is 0 Å². The number of hydrogen-bond donors (Lipinski definition) is 20. The van der Waals surface area contributed by atoms with Gasteiger partial charge >= 0.3 is 5.97 Å². The molecule has 0 aliphatic carbocycles. The van der Waals surface area contributed by atoms with Crippen LogP contribution in [-0.4, -0.2) is 228 Å². The number of nitrogens with two attached hydrogens (primary N) is 8. The predicted octanol–water partition coefficient (Wildman–Crippen LogP) is -6.51. The number of carboxylic acid groups (broad SMARTS) is 1. The van der Waals surface area contributed by atoms with E-state index in [0.717, 1.165) is 17.3 Å². The first-order valence-electron chi connectivity index (χ1n) is 35.0. The van der Waals surface area contributed by atoms with Crippen molar-refractivity contribution in [2.75, 3.05) is 57.3 Å². The summed E-state index contributed by atoms with van der Waals surface area (Å²) in [6.45, 7) is 2.03. The van der Waals surface area contributed by atoms with Crippen LogP contribution in [0.3, 0.4) is 0 Å². The third kappa shape index (κ3) is 33.3. The molecule has 10 atom stereocenters. The first-order chi connectivity index (χ1) is 50.4. The molecule has 0 spiro atoms. The van der Waals surface area contributed by atoms with Crippen molar-refractivity contribution in [3.05, 3.63) is 71.8 Å². The van der Waals surface area contributed by atoms with Gasteiger partial charge in [-0.25, -0.2) is 0 Å². The lowest BCUT2D eigenvalue weighted by Gasteiger charge is -2.31. The standard InChI is InChI=1S/C67H105N23O15S/c1-38(2)31-46-60(101)84-43(21-12-28-77-66(72)73)58(99)88-47(32-40-17-7-4-8-18-40)61(102)86-45(22-13-29-78-67(74)75)64(105)90-30-14-23-50(90)63(104)85-42(19-9-10-26-68)57(98)89-48(33-54(94)95)62(103)83-41(20-11-27-76-65(70)71)56(97)80-34-51(91)79-35-52(92)82-49(55(69)96)36-106-37-53(93)81-44(59(100)87-46)25-24-39-15-5-3-6-16-39/h3-8,15-18,38,41-50H,9-14,19-37,68H2,1-2H3,(H2,69,96)(H,79,91)(H,80,97)(H,81,93)(H,82,92)(H,83,103)(H,84,101)(H,85,104)(H,86,102)(H,87,100)(H,88,99)(H,89,98)(H,94,95)(H4,70,71,76)(H4,72,73,77)(H4,74,75,78)/t41-,42-,43-,44-,45-,46-,47-,48-,49-,50-/m0/s1. The third-order valence-corrected chi connectivity index (χ3v) is 17.7. The van der Waals surface area contributed by atoms with Gasteiger partial charge in [-0.05, 0) is 113 Å². The lowest BCUT2D eigenvalue weighted by molar-refractivity contribution is -0.143. The van der Waals surface area contributed by atoms with Crippen LogP contribution in [0.25, 0.3) is 0 Å². The number of nitrogens with one attached hydrogen (secondary N) is 11. The zero-order valence-electron chi connectivity index (χ0n) is 59.8. The Kier molecular flexibility index (Phi) is 38.6. The monoisotopic (exact) mass is 1500 g/mol. The highest BCUT2D eigenvalue weighted by Gasteiger charge is 2.41. The van der Waals surface area contributed by atoms with Gasteiger partial charge in [0.05, 0.1) is 25.3 Å². The number of fused-ring (bicyclic) bond motifs is 1. The van der Waals surface area contributed by atoms with Crippen LogP contribution in [0.5, 0.6) is 0 Å². The summed E-state index contributed by atoms with van der Waals surface area (Å²) < 4.78 is 0. The van der Waals surface area contributed by atoms with Crippen molar-refractivity contribution in [3.8, 4) is 0 Å². The average Bonchev–Trinajstić information content (AvgIpc) is 1.78. The van der Waals surface area contributed by atoms with E-state index in [2.05, 4.69) is 73.5 Å². The molecular formula is C67H105N23O15S. The first kappa shape index (κ1) is 87.5. The van der Waals surface area contributed by atoms with Crippen LogP contribution in [0.1, 0.15) is 115 Å². The number of rotatable bonds is 26. The van der Waals surface area contributed by atoms with Gasteiger partial charge in [-0.15, -0.1) is 11.8 Å². The molecule has 2 aromatic carbocycles. The van der Waals surface area contributed by atoms with E-state index in [1.54, 1.807) is 62.4 Å². The van der Waals surface area contributed by atoms with Gasteiger partial charge in [0.1, 0.15) is 60.4 Å². The van der Waals surface area contributed by atoms with E-state index in [0.29, 0.717) is 12.0 Å². The van der Waals surface area contributed by atoms with Crippen LogP contribution in [0.2, 0.25) is 0 Å². The summed E-state index contributed by atoms with van der Waals surface area (Å²) in [5.74, 6) is -15.2. The maximum Gasteiger partial charge on any atom is 0.305 e. The van der Waals surface area contributed by atoms with Gasteiger partial charge in [-0.3, -0.25) is 82.1 Å². The summed E-state index contributed by atoms with van der Waals surface area (Å²) in [5, 5.41) is 38.2. The lowest BCUT2D eigenvalue weighted by Crippen LogP contribution is -2.60. The molecule has 2 aromatic rings. The SMILES string of the molecule is CC(C)C[C@@H]1NC(=O)[C@H](CCc2ccccc2)NC(=O)CSC[C@@H](C(N)=O)NC(=O)CNC(=O)CNC(=O)[C@H](CCCN=C(N)N)NC(=O)[C@H](CC(=O)O)NC(=O)[C@H](CCCCN)NC(=O)[C@@H]2CCCN2C(=O)[C@H](CCCN=C(N)N)NC(=O)[C@H](Cc2ccccc2)NC(=O)[C@H](CCCN=C(N)N)NC1=O. The summed E-state index contributed by atoms with van der Waals surface area (Å²) in [7, 11) is 0. The number of benzene rings is 2. The highest BCUT2D eigenvalue weighted by Crippen LogP contribution is 2.22. The van der Waals surface area contributed by atoms with E-state index >= 15 is 9.59 Å². The number of carboxylic acids is 1. The number of nitrogens with zero attached hydrogens (tertiary/aromatic N) is 4. The minimum Gasteiger partial charge on any atom is -0.481 e. The van der Waals surface area contributed by atoms with Crippen molar-refractivity contribution in [2.45, 2.75) is 177 Å². The number of aryl methyl sites for hydroxylation is 1. The lowest BCUT2D eigenvalue weighted by atomic mass is 10.00. The first-order valence-corrected chi connectivity index (χ1v) is 36.2. The van der Waals surface area contributed by atoms with Crippen LogP contribution >= 0.6 is 11.8 Å². The van der Waals surface area contributed by atoms with E-state index in [1.165, 1.54) is 4.90 Å². The van der Waals surface area contributed by atoms with Gasteiger partial charge in [0.15, 0.2) is 17.9 Å². The zero-order valence-corrected chi connectivity index (χ0v) is 60.6. The fraction of sp³-hybridized carbons (Fsp3) is 0.567. The molecule has 38 nitrogen and oxygen atoms in total. The van der Waals surface area contributed by atoms with Gasteiger partial charge in [-0.1, -0.05) is 74.5 Å². The molecular weight excluding hydrogens is 1400 g/mol. The number of primary amides is 1. The maximum absolute atomic E-state index is 15.1. The van der Waals surface area contributed by atoms with Gasteiger partial charge in [0, 0.05) is 38.4 Å². The fourth-order valence-corrected chi connectivity index (χ4v) is 12.2. The number of aliphatic carboxylic acids is 1. The predicted molar refractivity (Wildman–Crippen MR) is 394 cm³/mol. The molecule has 0 saturated carbocycles. The highest BCUT2D eigenvalue weighted by atomic mass is 32.2. The molecule has 584 valence electrons. The molecule has 13 amide bonds. The molecule has 106 heavy (non-hydrogen) atoms. The summed E-state index contributed by atoms with van der Waals surface area (Å²) in [6.07, 6.45) is -0.529. The minimum atomic E-state index is -1.92. The zero-order chi connectivity index (χ0) is 78.3. The Morgan fingerprint density at radius 2 is 0.953 bits per heavy atom. The molecule has 2 aliphatic heterocycles. The molecule has 0 bridgehead atoms. The smallest absolute Gasteiger partial charge is 0.305 e. The number of unbranched alkanes of at least 4 members (excludes halogenated alkanes) is 1. The van der Waals surface area contributed by atoms with Gasteiger partial charge in [-0.2, -0.15) is 0 Å². The molecule has 28 N–H and O–H groups in total. The van der Waals surface area contributed by atoms with Crippen LogP contribution in [0.15, 0.2) is 75.6 Å². The van der Waals surface area contributed by atoms with Crippen molar-refractivity contribution >= 4 is 112 Å². The Bertz CT molecular complexity index is 3390. The summed E-state index contributed by atoms with van der Waals surface area (Å²) in [5.41, 5.74) is 46.3. The highest BCUT2D eigenvalue weighted by molar-refractivity contribution is 8.00. The Morgan fingerprint density at radius 1 is 0.500 bits per heavy atom. The van der Waals surface area contributed by atoms with E-state index in [9.17, 15) is 62.6 Å². The molecule has 2 heterocycles. The molecule has 0 radical (unpaired) electrons. The van der Waals surface area contributed by atoms with Gasteiger partial charge < -0.3 is 114 Å². The molecule has 2 aliphatic rings. The summed E-state index contributed by atoms with van der Waals surface area (Å²) in [6, 6.07) is 2.79. The van der Waals surface area contributed by atoms with Crippen molar-refractivity contribution in [1.82, 2.24) is 63.4 Å². The second-order valence-corrected chi connectivity index (χ2v) is 26.9. The number of carbonyl (C=O) groups is 14. The second-order valence-electron chi connectivity index (χ2n) is 25.8. The summed E-state index contributed by atoms with van der Waals surface area (Å²) in [4.78, 5) is 210. The molecule has 0 unspecified atom stereocenters. The maximum atomic E-state index is 15.1. The largest absolute Gasteiger partial charge is 0.481 e. The van der Waals surface area contributed by atoms with E-state index in [-0.39, 0.29) is 152 Å². The van der Waals surface area contributed by atoms with Gasteiger partial charge in [0.2, 0.25) is 76.8 Å². The molecule has 39 heteroatoms. The number of guanidine groups is 3. The number of amides is 13. The third-order valence-electron chi connectivity index (χ3n) is 16.7. The topological polar surface area (TPSA) is 640 Å². The number of carbonyl (C=O) groups excluding carboxylic acids is 13. The molecule has 0 aromatic heterocycles. The van der Waals surface area contributed by atoms with E-state index < -0.39 is 168 Å². The summed E-state index contributed by atoms with van der Waals surface area (Å²) >= 11 is 0.849. The number of aliphatic imine (C=N–C) groups is 3. The molecule has 2 fully saturated rings.